The lowest BCUT2D eigenvalue weighted by Crippen LogP contribution is -2.30. The van der Waals surface area contributed by atoms with Crippen LogP contribution in [0.5, 0.6) is 0 Å². The summed E-state index contributed by atoms with van der Waals surface area (Å²) in [5.74, 6) is 5.40. The monoisotopic (exact) mass is 328 g/mol. The lowest BCUT2D eigenvalue weighted by Gasteiger charge is -2.17. The van der Waals surface area contributed by atoms with Gasteiger partial charge in [-0.1, -0.05) is 6.07 Å². The van der Waals surface area contributed by atoms with E-state index < -0.39 is 0 Å². The number of nitrogens with one attached hydrogen (secondary N) is 1. The van der Waals surface area contributed by atoms with Crippen LogP contribution in [0.25, 0.3) is 0 Å². The van der Waals surface area contributed by atoms with Gasteiger partial charge in [-0.2, -0.15) is 0 Å². The van der Waals surface area contributed by atoms with Gasteiger partial charge in [-0.05, 0) is 52.2 Å². The van der Waals surface area contributed by atoms with Crippen LogP contribution in [-0.2, 0) is 6.42 Å². The van der Waals surface area contributed by atoms with Gasteiger partial charge in [0.1, 0.15) is 5.82 Å². The molecule has 2 rings (SSSR count). The van der Waals surface area contributed by atoms with E-state index in [0.29, 0.717) is 0 Å². The number of hydrazine groups is 1. The molecule has 96 valence electrons. The molecule has 0 aliphatic carbocycles. The van der Waals surface area contributed by atoms with Crippen molar-refractivity contribution in [1.29, 1.82) is 0 Å². The van der Waals surface area contributed by atoms with Crippen LogP contribution in [0.2, 0.25) is 0 Å². The third-order valence-corrected chi connectivity index (χ3v) is 4.56. The first kappa shape index (κ1) is 13.7. The highest BCUT2D eigenvalue weighted by Gasteiger charge is 2.14. The largest absolute Gasteiger partial charge is 0.271 e. The van der Waals surface area contributed by atoms with E-state index in [1.165, 1.54) is 17.0 Å². The zero-order valence-corrected chi connectivity index (χ0v) is 12.3. The van der Waals surface area contributed by atoms with Gasteiger partial charge in [-0.15, -0.1) is 11.3 Å². The highest BCUT2D eigenvalue weighted by atomic mass is 79.9. The average Bonchev–Trinajstić information content (AvgIpc) is 2.72. The molecule has 0 aliphatic rings. The van der Waals surface area contributed by atoms with Crippen LogP contribution >= 0.6 is 27.3 Å². The summed E-state index contributed by atoms with van der Waals surface area (Å²) in [5, 5.41) is 2.04. The van der Waals surface area contributed by atoms with Gasteiger partial charge in [0.05, 0.1) is 6.04 Å². The minimum absolute atomic E-state index is 0.00356. The SMILES string of the molecule is Cc1cc(F)ccc1C(Cc1cc(Br)cs1)NN. The van der Waals surface area contributed by atoms with Gasteiger partial charge in [0.25, 0.3) is 0 Å². The van der Waals surface area contributed by atoms with Gasteiger partial charge in [-0.25, -0.2) is 4.39 Å². The third kappa shape index (κ3) is 3.17. The number of halogens is 2. The highest BCUT2D eigenvalue weighted by Crippen LogP contribution is 2.26. The van der Waals surface area contributed by atoms with Crippen LogP contribution in [-0.4, -0.2) is 0 Å². The van der Waals surface area contributed by atoms with Gasteiger partial charge in [-0.3, -0.25) is 11.3 Å². The Morgan fingerprint density at radius 3 is 2.78 bits per heavy atom. The number of rotatable bonds is 4. The Kier molecular flexibility index (Phi) is 4.50. The van der Waals surface area contributed by atoms with Crippen LogP contribution in [0.1, 0.15) is 22.0 Å². The molecule has 0 fully saturated rings. The van der Waals surface area contributed by atoms with Gasteiger partial charge in [0.15, 0.2) is 0 Å². The van der Waals surface area contributed by atoms with Crippen LogP contribution in [0.15, 0.2) is 34.1 Å². The summed E-state index contributed by atoms with van der Waals surface area (Å²) >= 11 is 5.11. The van der Waals surface area contributed by atoms with Crippen LogP contribution in [0.4, 0.5) is 4.39 Å². The first-order chi connectivity index (χ1) is 8.60. The van der Waals surface area contributed by atoms with Crippen molar-refractivity contribution >= 4 is 27.3 Å². The molecule has 3 N–H and O–H groups in total. The summed E-state index contributed by atoms with van der Waals surface area (Å²) in [6.45, 7) is 1.90. The second-order valence-corrected chi connectivity index (χ2v) is 6.07. The first-order valence-electron chi connectivity index (χ1n) is 5.55. The molecule has 0 saturated carbocycles. The summed E-state index contributed by atoms with van der Waals surface area (Å²) in [4.78, 5) is 1.23. The molecular formula is C13H14BrFN2S. The Morgan fingerprint density at radius 2 is 2.22 bits per heavy atom. The second kappa shape index (κ2) is 5.93. The summed E-state index contributed by atoms with van der Waals surface area (Å²) in [7, 11) is 0. The predicted octanol–water partition coefficient (Wildman–Crippen LogP) is 3.71. The van der Waals surface area contributed by atoms with E-state index in [2.05, 4.69) is 27.4 Å². The van der Waals surface area contributed by atoms with E-state index in [4.69, 9.17) is 5.84 Å². The molecule has 0 radical (unpaired) electrons. The predicted molar refractivity (Wildman–Crippen MR) is 76.9 cm³/mol. The maximum absolute atomic E-state index is 13.1. The van der Waals surface area contributed by atoms with Crippen molar-refractivity contribution in [3.63, 3.8) is 0 Å². The van der Waals surface area contributed by atoms with E-state index in [0.717, 1.165) is 22.0 Å². The first-order valence-corrected chi connectivity index (χ1v) is 7.22. The Labute approximate surface area is 118 Å². The van der Waals surface area contributed by atoms with Crippen molar-refractivity contribution in [3.05, 3.63) is 55.9 Å². The standard InChI is InChI=1S/C13H14BrFN2S/c1-8-4-10(15)2-3-12(8)13(17-16)6-11-5-9(14)7-18-11/h2-5,7,13,17H,6,16H2,1H3. The molecule has 1 heterocycles. The van der Waals surface area contributed by atoms with E-state index in [9.17, 15) is 4.39 Å². The molecular weight excluding hydrogens is 315 g/mol. The lowest BCUT2D eigenvalue weighted by molar-refractivity contribution is 0.549. The zero-order valence-electron chi connectivity index (χ0n) is 9.91. The van der Waals surface area contributed by atoms with Crippen molar-refractivity contribution in [2.45, 2.75) is 19.4 Å². The molecule has 0 spiro atoms. The molecule has 0 amide bonds. The third-order valence-electron chi connectivity index (χ3n) is 2.84. The number of hydrogen-bond acceptors (Lipinski definition) is 3. The molecule has 1 atom stereocenters. The van der Waals surface area contributed by atoms with E-state index >= 15 is 0 Å². The minimum Gasteiger partial charge on any atom is -0.271 e. The van der Waals surface area contributed by atoms with Crippen LogP contribution < -0.4 is 11.3 Å². The molecule has 2 nitrogen and oxygen atoms in total. The maximum atomic E-state index is 13.1. The maximum Gasteiger partial charge on any atom is 0.123 e. The molecule has 1 aromatic heterocycles. The Balaban J connectivity index is 2.22. The van der Waals surface area contributed by atoms with Gasteiger partial charge in [0.2, 0.25) is 0 Å². The zero-order chi connectivity index (χ0) is 13.1. The number of hydrogen-bond donors (Lipinski definition) is 2. The normalized spacial score (nSPS) is 12.7. The number of thiophene rings is 1. The van der Waals surface area contributed by atoms with E-state index in [1.54, 1.807) is 17.4 Å². The second-order valence-electron chi connectivity index (χ2n) is 4.16. The average molecular weight is 329 g/mol. The van der Waals surface area contributed by atoms with Crippen molar-refractivity contribution in [2.24, 2.45) is 5.84 Å². The van der Waals surface area contributed by atoms with Gasteiger partial charge >= 0.3 is 0 Å². The fourth-order valence-electron chi connectivity index (χ4n) is 1.95. The summed E-state index contributed by atoms with van der Waals surface area (Å²) in [6.07, 6.45) is 0.791. The van der Waals surface area contributed by atoms with E-state index in [1.807, 2.05) is 12.3 Å². The number of benzene rings is 1. The fourth-order valence-corrected chi connectivity index (χ4v) is 3.45. The number of aryl methyl sites for hydroxylation is 1. The Bertz CT molecular complexity index is 542. The smallest absolute Gasteiger partial charge is 0.123 e. The lowest BCUT2D eigenvalue weighted by atomic mass is 9.98. The molecule has 0 saturated heterocycles. The molecule has 1 aromatic carbocycles. The van der Waals surface area contributed by atoms with Crippen LogP contribution in [0.3, 0.4) is 0 Å². The highest BCUT2D eigenvalue weighted by molar-refractivity contribution is 9.10. The van der Waals surface area contributed by atoms with Crippen molar-refractivity contribution in [1.82, 2.24) is 5.43 Å². The summed E-state index contributed by atoms with van der Waals surface area (Å²) in [5.41, 5.74) is 4.75. The molecule has 0 bridgehead atoms. The van der Waals surface area contributed by atoms with Crippen molar-refractivity contribution in [2.75, 3.05) is 0 Å². The molecule has 5 heteroatoms. The number of nitrogens with two attached hydrogens (primary N) is 1. The molecule has 2 aromatic rings. The van der Waals surface area contributed by atoms with Gasteiger partial charge in [0, 0.05) is 21.2 Å². The minimum atomic E-state index is -0.217. The Morgan fingerprint density at radius 1 is 1.44 bits per heavy atom. The van der Waals surface area contributed by atoms with Gasteiger partial charge < -0.3 is 0 Å². The summed E-state index contributed by atoms with van der Waals surface area (Å²) in [6, 6.07) is 6.86. The Hall–Kier alpha value is -0.750. The molecule has 0 aliphatic heterocycles. The van der Waals surface area contributed by atoms with Crippen molar-refractivity contribution in [3.8, 4) is 0 Å². The molecule has 18 heavy (non-hydrogen) atoms. The topological polar surface area (TPSA) is 38.0 Å². The molecule has 1 unspecified atom stereocenters. The summed E-state index contributed by atoms with van der Waals surface area (Å²) < 4.78 is 14.2. The van der Waals surface area contributed by atoms with Crippen molar-refractivity contribution < 1.29 is 4.39 Å². The fraction of sp³-hybridized carbons (Fsp3) is 0.231. The van der Waals surface area contributed by atoms with Crippen LogP contribution in [0, 0.1) is 12.7 Å². The quantitative estimate of drug-likeness (QED) is 0.663. The van der Waals surface area contributed by atoms with E-state index in [-0.39, 0.29) is 11.9 Å².